The van der Waals surface area contributed by atoms with E-state index in [1.807, 2.05) is 29.6 Å². The second-order valence-corrected chi connectivity index (χ2v) is 7.06. The molecule has 0 saturated carbocycles. The third kappa shape index (κ3) is 2.88. The fourth-order valence-electron chi connectivity index (χ4n) is 2.57. The smallest absolute Gasteiger partial charge is 0.262 e. The predicted octanol–water partition coefficient (Wildman–Crippen LogP) is 3.22. The van der Waals surface area contributed by atoms with Crippen LogP contribution in [0.2, 0.25) is 0 Å². The van der Waals surface area contributed by atoms with Gasteiger partial charge >= 0.3 is 0 Å². The Hall–Kier alpha value is -2.76. The molecule has 0 fully saturated rings. The number of fused-ring (bicyclic) bond motifs is 2. The zero-order valence-electron chi connectivity index (χ0n) is 12.9. The lowest BCUT2D eigenvalue weighted by atomic mass is 10.2. The lowest BCUT2D eigenvalue weighted by molar-refractivity contribution is 0.730. The Balaban J connectivity index is 1.76. The second kappa shape index (κ2) is 6.63. The van der Waals surface area contributed by atoms with Crippen LogP contribution in [0.15, 0.2) is 51.9 Å². The van der Waals surface area contributed by atoms with Gasteiger partial charge in [0.2, 0.25) is 0 Å². The molecule has 122 valence electrons. The van der Waals surface area contributed by atoms with E-state index in [0.29, 0.717) is 22.5 Å². The van der Waals surface area contributed by atoms with Gasteiger partial charge < -0.3 is 0 Å². The monoisotopic (exact) mass is 365 g/mol. The third-order valence-corrected chi connectivity index (χ3v) is 5.55. The summed E-state index contributed by atoms with van der Waals surface area (Å²) in [6.07, 6.45) is 1.54. The van der Waals surface area contributed by atoms with Crippen molar-refractivity contribution in [2.45, 2.75) is 17.3 Å². The molecule has 0 radical (unpaired) electrons. The number of rotatable bonds is 4. The van der Waals surface area contributed by atoms with Gasteiger partial charge in [-0.2, -0.15) is 5.26 Å². The standard InChI is InChI=1S/C17H11N5OS2/c18-6-7-22-14(21-13-4-2-1-3-11(13)17(22)23)9-25-16-12-5-8-24-15(12)19-10-20-16/h1-5,8,10H,7,9H2. The van der Waals surface area contributed by atoms with Crippen LogP contribution in [0.5, 0.6) is 0 Å². The molecular formula is C17H11N5OS2. The summed E-state index contributed by atoms with van der Waals surface area (Å²) in [6.45, 7) is -0.0236. The van der Waals surface area contributed by atoms with Gasteiger partial charge in [-0.15, -0.1) is 11.3 Å². The van der Waals surface area contributed by atoms with Gasteiger partial charge in [-0.3, -0.25) is 9.36 Å². The Bertz CT molecular complexity index is 1180. The molecule has 0 N–H and O–H groups in total. The Labute approximate surface area is 150 Å². The van der Waals surface area contributed by atoms with Crippen LogP contribution >= 0.6 is 23.1 Å². The highest BCUT2D eigenvalue weighted by atomic mass is 32.2. The van der Waals surface area contributed by atoms with Gasteiger partial charge in [0.25, 0.3) is 5.56 Å². The average Bonchev–Trinajstić information content (AvgIpc) is 3.12. The van der Waals surface area contributed by atoms with Crippen molar-refractivity contribution >= 4 is 44.2 Å². The number of hydrogen-bond donors (Lipinski definition) is 0. The fourth-order valence-corrected chi connectivity index (χ4v) is 4.30. The number of thioether (sulfide) groups is 1. The van der Waals surface area contributed by atoms with Crippen molar-refractivity contribution in [3.8, 4) is 6.07 Å². The molecule has 4 aromatic rings. The molecule has 1 aromatic carbocycles. The number of nitriles is 1. The van der Waals surface area contributed by atoms with E-state index < -0.39 is 0 Å². The summed E-state index contributed by atoms with van der Waals surface area (Å²) in [7, 11) is 0. The maximum atomic E-state index is 12.7. The first-order chi connectivity index (χ1) is 12.3. The molecule has 25 heavy (non-hydrogen) atoms. The van der Waals surface area contributed by atoms with Crippen molar-refractivity contribution < 1.29 is 0 Å². The lowest BCUT2D eigenvalue weighted by Gasteiger charge is -2.10. The first kappa shape index (κ1) is 15.7. The van der Waals surface area contributed by atoms with Gasteiger partial charge in [0, 0.05) is 5.39 Å². The molecule has 3 aromatic heterocycles. The summed E-state index contributed by atoms with van der Waals surface area (Å²) in [6, 6.07) is 11.2. The molecule has 0 atom stereocenters. The summed E-state index contributed by atoms with van der Waals surface area (Å²) in [5, 5.41) is 13.4. The first-order valence-corrected chi connectivity index (χ1v) is 9.31. The number of para-hydroxylation sites is 1. The summed E-state index contributed by atoms with van der Waals surface area (Å²) in [4.78, 5) is 26.7. The zero-order chi connectivity index (χ0) is 17.2. The van der Waals surface area contributed by atoms with Crippen molar-refractivity contribution in [3.05, 3.63) is 58.2 Å². The quantitative estimate of drug-likeness (QED) is 0.408. The lowest BCUT2D eigenvalue weighted by Crippen LogP contribution is -2.24. The van der Waals surface area contributed by atoms with Crippen LogP contribution in [0.1, 0.15) is 5.82 Å². The molecule has 0 aliphatic rings. The summed E-state index contributed by atoms with van der Waals surface area (Å²) < 4.78 is 1.43. The van der Waals surface area contributed by atoms with E-state index in [1.165, 1.54) is 22.7 Å². The van der Waals surface area contributed by atoms with Crippen LogP contribution in [-0.4, -0.2) is 19.5 Å². The summed E-state index contributed by atoms with van der Waals surface area (Å²) in [5.41, 5.74) is 0.451. The van der Waals surface area contributed by atoms with Gasteiger partial charge in [-0.05, 0) is 23.6 Å². The van der Waals surface area contributed by atoms with E-state index in [1.54, 1.807) is 23.5 Å². The van der Waals surface area contributed by atoms with Crippen LogP contribution < -0.4 is 5.56 Å². The van der Waals surface area contributed by atoms with E-state index >= 15 is 0 Å². The van der Waals surface area contributed by atoms with Crippen molar-refractivity contribution in [2.24, 2.45) is 0 Å². The molecule has 3 heterocycles. The maximum absolute atomic E-state index is 12.7. The van der Waals surface area contributed by atoms with Gasteiger partial charge in [0.1, 0.15) is 28.6 Å². The Morgan fingerprint density at radius 3 is 2.96 bits per heavy atom. The highest BCUT2D eigenvalue weighted by molar-refractivity contribution is 7.98. The number of aromatic nitrogens is 4. The number of benzene rings is 1. The summed E-state index contributed by atoms with van der Waals surface area (Å²) in [5.74, 6) is 1.02. The van der Waals surface area contributed by atoms with Gasteiger partial charge in [0.05, 0.1) is 22.7 Å². The normalized spacial score (nSPS) is 11.0. The molecule has 0 unspecified atom stereocenters. The van der Waals surface area contributed by atoms with Crippen LogP contribution in [0.3, 0.4) is 0 Å². The molecule has 6 nitrogen and oxygen atoms in total. The van der Waals surface area contributed by atoms with Crippen molar-refractivity contribution in [2.75, 3.05) is 0 Å². The predicted molar refractivity (Wildman–Crippen MR) is 98.6 cm³/mol. The molecular weight excluding hydrogens is 354 g/mol. The Morgan fingerprint density at radius 2 is 2.08 bits per heavy atom. The Morgan fingerprint density at radius 1 is 1.20 bits per heavy atom. The van der Waals surface area contributed by atoms with Gasteiger partial charge in [-0.25, -0.2) is 15.0 Å². The first-order valence-electron chi connectivity index (χ1n) is 7.44. The fraction of sp³-hybridized carbons (Fsp3) is 0.118. The van der Waals surface area contributed by atoms with Crippen LogP contribution in [0.25, 0.3) is 21.1 Å². The highest BCUT2D eigenvalue weighted by Gasteiger charge is 2.12. The second-order valence-electron chi connectivity index (χ2n) is 5.20. The number of hydrogen-bond acceptors (Lipinski definition) is 7. The van der Waals surface area contributed by atoms with Crippen molar-refractivity contribution in [1.29, 1.82) is 5.26 Å². The largest absolute Gasteiger partial charge is 0.281 e. The minimum atomic E-state index is -0.189. The van der Waals surface area contributed by atoms with E-state index in [9.17, 15) is 4.79 Å². The summed E-state index contributed by atoms with van der Waals surface area (Å²) >= 11 is 3.05. The topological polar surface area (TPSA) is 84.5 Å². The number of nitrogens with zero attached hydrogens (tertiary/aromatic N) is 5. The third-order valence-electron chi connectivity index (χ3n) is 3.73. The van der Waals surface area contributed by atoms with Crippen LogP contribution in [0, 0.1) is 11.3 Å². The van der Waals surface area contributed by atoms with Gasteiger partial charge in [-0.1, -0.05) is 23.9 Å². The van der Waals surface area contributed by atoms with E-state index in [2.05, 4.69) is 15.0 Å². The van der Waals surface area contributed by atoms with Crippen molar-refractivity contribution in [3.63, 3.8) is 0 Å². The molecule has 0 saturated heterocycles. The van der Waals surface area contributed by atoms with E-state index in [4.69, 9.17) is 5.26 Å². The van der Waals surface area contributed by atoms with Crippen LogP contribution in [-0.2, 0) is 12.3 Å². The molecule has 8 heteroatoms. The van der Waals surface area contributed by atoms with Crippen LogP contribution in [0.4, 0.5) is 0 Å². The zero-order valence-corrected chi connectivity index (χ0v) is 14.5. The van der Waals surface area contributed by atoms with E-state index in [-0.39, 0.29) is 12.1 Å². The minimum absolute atomic E-state index is 0.0236. The Kier molecular flexibility index (Phi) is 4.17. The number of thiophene rings is 1. The molecule has 4 rings (SSSR count). The molecule has 0 bridgehead atoms. The van der Waals surface area contributed by atoms with Crippen molar-refractivity contribution in [1.82, 2.24) is 19.5 Å². The minimum Gasteiger partial charge on any atom is -0.281 e. The molecule has 0 aliphatic carbocycles. The van der Waals surface area contributed by atoms with Gasteiger partial charge in [0.15, 0.2) is 0 Å². The molecule has 0 spiro atoms. The maximum Gasteiger partial charge on any atom is 0.262 e. The van der Waals surface area contributed by atoms with E-state index in [0.717, 1.165) is 15.2 Å². The molecule has 0 amide bonds. The highest BCUT2D eigenvalue weighted by Crippen LogP contribution is 2.29. The average molecular weight is 365 g/mol. The SMILES string of the molecule is N#CCn1c(CSc2ncnc3sccc23)nc2ccccc2c1=O. The molecule has 0 aliphatic heterocycles.